The van der Waals surface area contributed by atoms with Crippen LogP contribution in [0.3, 0.4) is 0 Å². The van der Waals surface area contributed by atoms with Crippen LogP contribution in [0.5, 0.6) is 0 Å². The Hall–Kier alpha value is -2.10. The van der Waals surface area contributed by atoms with Crippen LogP contribution >= 0.6 is 0 Å². The van der Waals surface area contributed by atoms with Crippen molar-refractivity contribution in [3.63, 3.8) is 0 Å². The molecule has 0 unspecified atom stereocenters. The molecule has 0 saturated heterocycles. The van der Waals surface area contributed by atoms with Gasteiger partial charge in [0.1, 0.15) is 0 Å². The Kier molecular flexibility index (Phi) is 9.59. The van der Waals surface area contributed by atoms with Crippen LogP contribution in [0.25, 0.3) is 6.08 Å². The first-order chi connectivity index (χ1) is 9.96. The van der Waals surface area contributed by atoms with E-state index >= 15 is 0 Å². The average Bonchev–Trinajstić information content (AvgIpc) is 2.47. The fourth-order valence-corrected chi connectivity index (χ4v) is 1.70. The molecule has 0 aliphatic heterocycles. The van der Waals surface area contributed by atoms with Crippen molar-refractivity contribution in [3.05, 3.63) is 41.5 Å². The van der Waals surface area contributed by atoms with Crippen molar-refractivity contribution in [1.82, 2.24) is 0 Å². The van der Waals surface area contributed by atoms with Gasteiger partial charge in [-0.3, -0.25) is 4.79 Å². The summed E-state index contributed by atoms with van der Waals surface area (Å²) in [5, 5.41) is 17.1. The summed E-state index contributed by atoms with van der Waals surface area (Å²) in [6, 6.07) is 9.46. The summed E-state index contributed by atoms with van der Waals surface area (Å²) < 4.78 is 0. The summed E-state index contributed by atoms with van der Waals surface area (Å²) in [7, 11) is 0. The minimum Gasteiger partial charge on any atom is -0.481 e. The summed E-state index contributed by atoms with van der Waals surface area (Å²) in [4.78, 5) is 20.8. The first-order valence-corrected chi connectivity index (χ1v) is 7.17. The molecule has 2 N–H and O–H groups in total. The highest BCUT2D eigenvalue weighted by atomic mass is 16.4. The van der Waals surface area contributed by atoms with E-state index in [-0.39, 0.29) is 5.92 Å². The van der Waals surface area contributed by atoms with E-state index in [0.717, 1.165) is 18.4 Å². The van der Waals surface area contributed by atoms with Gasteiger partial charge in [0.05, 0.1) is 5.92 Å². The Morgan fingerprint density at radius 3 is 1.86 bits per heavy atom. The largest absolute Gasteiger partial charge is 0.481 e. The van der Waals surface area contributed by atoms with Gasteiger partial charge in [0, 0.05) is 5.57 Å². The van der Waals surface area contributed by atoms with Crippen LogP contribution < -0.4 is 0 Å². The predicted octanol–water partition coefficient (Wildman–Crippen LogP) is 4.07. The highest BCUT2D eigenvalue weighted by molar-refractivity contribution is 5.91. The normalized spacial score (nSPS) is 10.8. The lowest BCUT2D eigenvalue weighted by Gasteiger charge is -2.02. The molecule has 0 bridgehead atoms. The number of hydrogen-bond donors (Lipinski definition) is 2. The monoisotopic (exact) mass is 292 g/mol. The van der Waals surface area contributed by atoms with E-state index in [0.29, 0.717) is 12.0 Å². The third-order valence-electron chi connectivity index (χ3n) is 3.13. The molecule has 4 nitrogen and oxygen atoms in total. The second-order valence-electron chi connectivity index (χ2n) is 4.59. The van der Waals surface area contributed by atoms with Gasteiger partial charge in [0.2, 0.25) is 0 Å². The average molecular weight is 292 g/mol. The van der Waals surface area contributed by atoms with Gasteiger partial charge in [-0.05, 0) is 30.9 Å². The molecule has 0 fully saturated rings. The molecule has 1 rings (SSSR count). The Morgan fingerprint density at radius 1 is 1.05 bits per heavy atom. The molecule has 0 amide bonds. The lowest BCUT2D eigenvalue weighted by atomic mass is 10.1. The van der Waals surface area contributed by atoms with E-state index in [1.165, 1.54) is 0 Å². The number of hydrogen-bond acceptors (Lipinski definition) is 2. The molecule has 116 valence electrons. The van der Waals surface area contributed by atoms with Crippen molar-refractivity contribution in [2.45, 2.75) is 40.0 Å². The molecule has 0 saturated carbocycles. The molecule has 21 heavy (non-hydrogen) atoms. The number of benzene rings is 1. The van der Waals surface area contributed by atoms with Gasteiger partial charge in [-0.25, -0.2) is 4.79 Å². The zero-order valence-corrected chi connectivity index (χ0v) is 12.9. The summed E-state index contributed by atoms with van der Waals surface area (Å²) in [5.74, 6) is -1.64. The number of carboxylic acid groups (broad SMARTS) is 2. The van der Waals surface area contributed by atoms with Gasteiger partial charge < -0.3 is 10.2 Å². The van der Waals surface area contributed by atoms with Gasteiger partial charge in [0.25, 0.3) is 0 Å². The molecule has 1 aromatic rings. The molecule has 0 aliphatic rings. The smallest absolute Gasteiger partial charge is 0.331 e. The van der Waals surface area contributed by atoms with Crippen LogP contribution in [-0.4, -0.2) is 22.2 Å². The Morgan fingerprint density at radius 2 is 1.57 bits per heavy atom. The topological polar surface area (TPSA) is 74.6 Å². The minimum atomic E-state index is -0.841. The summed E-state index contributed by atoms with van der Waals surface area (Å²) >= 11 is 0. The van der Waals surface area contributed by atoms with Gasteiger partial charge in [-0.15, -0.1) is 0 Å². The molecule has 0 radical (unpaired) electrons. The summed E-state index contributed by atoms with van der Waals surface area (Å²) in [6.45, 7) is 5.62. The van der Waals surface area contributed by atoms with Crippen LogP contribution in [0.15, 0.2) is 35.9 Å². The Balaban J connectivity index is 0.000000433. The highest BCUT2D eigenvalue weighted by Gasteiger charge is 2.10. The van der Waals surface area contributed by atoms with E-state index in [9.17, 15) is 9.59 Å². The molecular formula is C17H24O4. The lowest BCUT2D eigenvalue weighted by molar-refractivity contribution is -0.142. The van der Waals surface area contributed by atoms with Crippen molar-refractivity contribution in [1.29, 1.82) is 0 Å². The van der Waals surface area contributed by atoms with Crippen molar-refractivity contribution < 1.29 is 19.8 Å². The van der Waals surface area contributed by atoms with Crippen LogP contribution in [0, 0.1) is 5.92 Å². The SMILES string of the molecule is CCC(=Cc1ccccc1)C(=O)O.CCC(CC)C(=O)O. The third-order valence-corrected chi connectivity index (χ3v) is 3.13. The zero-order valence-electron chi connectivity index (χ0n) is 12.9. The van der Waals surface area contributed by atoms with Gasteiger partial charge in [0.15, 0.2) is 0 Å². The summed E-state index contributed by atoms with van der Waals surface area (Å²) in [6.07, 6.45) is 3.73. The second-order valence-corrected chi connectivity index (χ2v) is 4.59. The highest BCUT2D eigenvalue weighted by Crippen LogP contribution is 2.09. The molecule has 4 heteroatoms. The van der Waals surface area contributed by atoms with Crippen molar-refractivity contribution in [3.8, 4) is 0 Å². The maximum absolute atomic E-state index is 10.7. The van der Waals surface area contributed by atoms with E-state index in [4.69, 9.17) is 10.2 Å². The van der Waals surface area contributed by atoms with E-state index in [1.54, 1.807) is 6.08 Å². The number of carbonyl (C=O) groups is 2. The molecule has 0 heterocycles. The van der Waals surface area contributed by atoms with Crippen LogP contribution in [-0.2, 0) is 9.59 Å². The zero-order chi connectivity index (χ0) is 16.3. The second kappa shape index (κ2) is 10.7. The fourth-order valence-electron chi connectivity index (χ4n) is 1.70. The predicted molar refractivity (Wildman–Crippen MR) is 84.1 cm³/mol. The lowest BCUT2D eigenvalue weighted by Crippen LogP contribution is -2.10. The molecule has 0 aliphatic carbocycles. The molecule has 0 spiro atoms. The van der Waals surface area contributed by atoms with Crippen molar-refractivity contribution in [2.24, 2.45) is 5.92 Å². The third kappa shape index (κ3) is 7.92. The number of carboxylic acids is 2. The quantitative estimate of drug-likeness (QED) is 0.775. The fraction of sp³-hybridized carbons (Fsp3) is 0.412. The van der Waals surface area contributed by atoms with Gasteiger partial charge in [-0.2, -0.15) is 0 Å². The maximum Gasteiger partial charge on any atom is 0.331 e. The van der Waals surface area contributed by atoms with Crippen molar-refractivity contribution >= 4 is 18.0 Å². The van der Waals surface area contributed by atoms with Gasteiger partial charge >= 0.3 is 11.9 Å². The Bertz CT molecular complexity index is 459. The van der Waals surface area contributed by atoms with Crippen molar-refractivity contribution in [2.75, 3.05) is 0 Å². The molecule has 0 atom stereocenters. The standard InChI is InChI=1S/C11H12O2.C6H12O2/c1-2-10(11(12)13)8-9-6-4-3-5-7-9;1-3-5(4-2)6(7)8/h3-8H,2H2,1H3,(H,12,13);5H,3-4H2,1-2H3,(H,7,8). The maximum atomic E-state index is 10.7. The van der Waals surface area contributed by atoms with Crippen LogP contribution in [0.2, 0.25) is 0 Å². The molecule has 1 aromatic carbocycles. The first-order valence-electron chi connectivity index (χ1n) is 7.17. The molecular weight excluding hydrogens is 268 g/mol. The first kappa shape index (κ1) is 18.9. The summed E-state index contributed by atoms with van der Waals surface area (Å²) in [5.41, 5.74) is 1.37. The van der Waals surface area contributed by atoms with E-state index in [1.807, 2.05) is 51.1 Å². The molecule has 0 aromatic heterocycles. The van der Waals surface area contributed by atoms with E-state index in [2.05, 4.69) is 0 Å². The van der Waals surface area contributed by atoms with Crippen LogP contribution in [0.1, 0.15) is 45.6 Å². The Labute approximate surface area is 126 Å². The minimum absolute atomic E-state index is 0.130. The van der Waals surface area contributed by atoms with Gasteiger partial charge in [-0.1, -0.05) is 51.1 Å². The van der Waals surface area contributed by atoms with E-state index < -0.39 is 11.9 Å². The van der Waals surface area contributed by atoms with Crippen LogP contribution in [0.4, 0.5) is 0 Å². The number of rotatable bonds is 6. The number of aliphatic carboxylic acids is 2.